The molecule has 0 amide bonds. The summed E-state index contributed by atoms with van der Waals surface area (Å²) in [5, 5.41) is 0.291. The van der Waals surface area contributed by atoms with E-state index in [1.54, 1.807) is 42.1 Å². The largest absolute Gasteiger partial charge is 0.494 e. The highest BCUT2D eigenvalue weighted by molar-refractivity contribution is 8.01. The second kappa shape index (κ2) is 7.35. The summed E-state index contributed by atoms with van der Waals surface area (Å²) in [7, 11) is -3.59. The molecule has 3 rings (SSSR count). The third-order valence-electron chi connectivity index (χ3n) is 3.76. The second-order valence-electron chi connectivity index (χ2n) is 5.26. The van der Waals surface area contributed by atoms with Gasteiger partial charge in [0, 0.05) is 17.3 Å². The van der Waals surface area contributed by atoms with Crippen molar-refractivity contribution < 1.29 is 13.2 Å². The monoisotopic (exact) mass is 383 g/mol. The minimum absolute atomic E-state index is 0.269. The summed E-state index contributed by atoms with van der Waals surface area (Å²) >= 11 is 7.86. The Bertz CT molecular complexity index is 809. The van der Waals surface area contributed by atoms with Crippen LogP contribution >= 0.6 is 23.4 Å². The van der Waals surface area contributed by atoms with Crippen LogP contribution < -0.4 is 4.74 Å². The van der Waals surface area contributed by atoms with Gasteiger partial charge in [0.15, 0.2) is 0 Å². The van der Waals surface area contributed by atoms with E-state index in [2.05, 4.69) is 0 Å². The van der Waals surface area contributed by atoms with Crippen molar-refractivity contribution >= 4 is 33.4 Å². The molecule has 1 atom stereocenters. The highest BCUT2D eigenvalue weighted by Gasteiger charge is 2.37. The van der Waals surface area contributed by atoms with Crippen molar-refractivity contribution in [3.63, 3.8) is 0 Å². The molecular weight excluding hydrogens is 366 g/mol. The number of thioether (sulfide) groups is 1. The molecule has 24 heavy (non-hydrogen) atoms. The van der Waals surface area contributed by atoms with Gasteiger partial charge in [-0.1, -0.05) is 29.8 Å². The fraction of sp³-hybridized carbons (Fsp3) is 0.294. The van der Waals surface area contributed by atoms with E-state index in [4.69, 9.17) is 16.3 Å². The van der Waals surface area contributed by atoms with Crippen molar-refractivity contribution in [3.05, 3.63) is 59.1 Å². The molecular formula is C17H18ClNO3S2. The Balaban J connectivity index is 1.92. The fourth-order valence-electron chi connectivity index (χ4n) is 2.63. The predicted octanol–water partition coefficient (Wildman–Crippen LogP) is 4.18. The maximum absolute atomic E-state index is 13.0. The van der Waals surface area contributed by atoms with Crippen LogP contribution in [0.5, 0.6) is 5.75 Å². The van der Waals surface area contributed by atoms with Crippen LogP contribution in [0.15, 0.2) is 53.4 Å². The molecule has 0 aliphatic carbocycles. The molecule has 1 aliphatic heterocycles. The number of hydrogen-bond donors (Lipinski definition) is 0. The lowest BCUT2D eigenvalue weighted by atomic mass is 10.2. The van der Waals surface area contributed by atoms with Gasteiger partial charge in [-0.05, 0) is 42.8 Å². The van der Waals surface area contributed by atoms with Crippen LogP contribution in [0.4, 0.5) is 0 Å². The number of benzene rings is 2. The fourth-order valence-corrected chi connectivity index (χ4v) is 6.20. The van der Waals surface area contributed by atoms with Gasteiger partial charge in [0.2, 0.25) is 10.0 Å². The SMILES string of the molecule is CCOc1ccc(S(=O)(=O)N2CCS[C@@H]2c2ccccc2Cl)cc1. The van der Waals surface area contributed by atoms with E-state index >= 15 is 0 Å². The molecule has 0 aromatic heterocycles. The zero-order chi connectivity index (χ0) is 17.2. The molecule has 1 heterocycles. The molecule has 2 aromatic rings. The van der Waals surface area contributed by atoms with Crippen molar-refractivity contribution in [2.75, 3.05) is 18.9 Å². The first kappa shape index (κ1) is 17.6. The summed E-state index contributed by atoms with van der Waals surface area (Å²) in [4.78, 5) is 0.269. The average Bonchev–Trinajstić information content (AvgIpc) is 3.06. The van der Waals surface area contributed by atoms with E-state index < -0.39 is 10.0 Å². The Hall–Kier alpha value is -1.21. The minimum Gasteiger partial charge on any atom is -0.494 e. The standard InChI is InChI=1S/C17H18ClNO3S2/c1-2-22-13-7-9-14(10-8-13)24(20,21)19-11-12-23-17(19)15-5-3-4-6-16(15)18/h3-10,17H,2,11-12H2,1H3/t17-/m1/s1. The number of sulfonamides is 1. The second-order valence-corrected chi connectivity index (χ2v) is 8.75. The van der Waals surface area contributed by atoms with Gasteiger partial charge in [-0.3, -0.25) is 0 Å². The Kier molecular flexibility index (Phi) is 5.39. The summed E-state index contributed by atoms with van der Waals surface area (Å²) in [6.07, 6.45) is 0. The van der Waals surface area contributed by atoms with Crippen LogP contribution in [-0.2, 0) is 10.0 Å². The van der Waals surface area contributed by atoms with E-state index in [0.717, 1.165) is 11.3 Å². The molecule has 0 bridgehead atoms. The molecule has 4 nitrogen and oxygen atoms in total. The van der Waals surface area contributed by atoms with Crippen LogP contribution in [0.2, 0.25) is 5.02 Å². The minimum atomic E-state index is -3.59. The summed E-state index contributed by atoms with van der Waals surface area (Å²) in [5.41, 5.74) is 0.830. The van der Waals surface area contributed by atoms with Gasteiger partial charge in [0.1, 0.15) is 5.75 Å². The Morgan fingerprint density at radius 3 is 2.58 bits per heavy atom. The highest BCUT2D eigenvalue weighted by Crippen LogP contribution is 2.43. The smallest absolute Gasteiger partial charge is 0.244 e. The van der Waals surface area contributed by atoms with Gasteiger partial charge in [-0.2, -0.15) is 4.31 Å². The molecule has 0 saturated carbocycles. The lowest BCUT2D eigenvalue weighted by Gasteiger charge is -2.24. The molecule has 0 spiro atoms. The zero-order valence-corrected chi connectivity index (χ0v) is 15.6. The van der Waals surface area contributed by atoms with Crippen LogP contribution in [-0.4, -0.2) is 31.6 Å². The van der Waals surface area contributed by atoms with Gasteiger partial charge in [-0.15, -0.1) is 11.8 Å². The van der Waals surface area contributed by atoms with Gasteiger partial charge >= 0.3 is 0 Å². The number of hydrogen-bond acceptors (Lipinski definition) is 4. The summed E-state index contributed by atoms with van der Waals surface area (Å²) in [6.45, 7) is 2.90. The quantitative estimate of drug-likeness (QED) is 0.777. The molecule has 1 aliphatic rings. The molecule has 0 N–H and O–H groups in total. The van der Waals surface area contributed by atoms with Crippen LogP contribution in [0.25, 0.3) is 0 Å². The Labute approximate surface area is 151 Å². The van der Waals surface area contributed by atoms with E-state index in [1.807, 2.05) is 25.1 Å². The number of ether oxygens (including phenoxy) is 1. The van der Waals surface area contributed by atoms with Gasteiger partial charge < -0.3 is 4.74 Å². The van der Waals surface area contributed by atoms with Gasteiger partial charge in [0.25, 0.3) is 0 Å². The molecule has 2 aromatic carbocycles. The third-order valence-corrected chi connectivity index (χ3v) is 7.36. The molecule has 0 radical (unpaired) electrons. The van der Waals surface area contributed by atoms with Crippen molar-refractivity contribution in [2.24, 2.45) is 0 Å². The van der Waals surface area contributed by atoms with Crippen LogP contribution in [0.3, 0.4) is 0 Å². The van der Waals surface area contributed by atoms with Gasteiger partial charge in [0.05, 0.1) is 16.9 Å². The lowest BCUT2D eigenvalue weighted by molar-refractivity contribution is 0.340. The summed E-state index contributed by atoms with van der Waals surface area (Å²) < 4.78 is 33.0. The molecule has 128 valence electrons. The van der Waals surface area contributed by atoms with Crippen molar-refractivity contribution in [2.45, 2.75) is 17.2 Å². The van der Waals surface area contributed by atoms with E-state index in [0.29, 0.717) is 23.9 Å². The first-order valence-electron chi connectivity index (χ1n) is 7.65. The Morgan fingerprint density at radius 1 is 1.21 bits per heavy atom. The summed E-state index contributed by atoms with van der Waals surface area (Å²) in [5.74, 6) is 1.40. The van der Waals surface area contributed by atoms with E-state index in [9.17, 15) is 8.42 Å². The predicted molar refractivity (Wildman–Crippen MR) is 98.2 cm³/mol. The topological polar surface area (TPSA) is 46.6 Å². The zero-order valence-electron chi connectivity index (χ0n) is 13.2. The average molecular weight is 384 g/mol. The molecule has 1 saturated heterocycles. The van der Waals surface area contributed by atoms with Gasteiger partial charge in [-0.25, -0.2) is 8.42 Å². The maximum atomic E-state index is 13.0. The number of rotatable bonds is 5. The number of nitrogens with zero attached hydrogens (tertiary/aromatic N) is 1. The lowest BCUT2D eigenvalue weighted by Crippen LogP contribution is -2.30. The first-order chi connectivity index (χ1) is 11.5. The normalized spacial score (nSPS) is 18.7. The van der Waals surface area contributed by atoms with E-state index in [-0.39, 0.29) is 10.3 Å². The third kappa shape index (κ3) is 3.42. The van der Waals surface area contributed by atoms with E-state index in [1.165, 1.54) is 4.31 Å². The summed E-state index contributed by atoms with van der Waals surface area (Å²) in [6, 6.07) is 13.9. The molecule has 0 unspecified atom stereocenters. The molecule has 7 heteroatoms. The van der Waals surface area contributed by atoms with Crippen molar-refractivity contribution in [1.82, 2.24) is 4.31 Å². The number of halogens is 1. The maximum Gasteiger partial charge on any atom is 0.244 e. The Morgan fingerprint density at radius 2 is 1.92 bits per heavy atom. The highest BCUT2D eigenvalue weighted by atomic mass is 35.5. The first-order valence-corrected chi connectivity index (χ1v) is 10.5. The molecule has 1 fully saturated rings. The van der Waals surface area contributed by atoms with Crippen molar-refractivity contribution in [1.29, 1.82) is 0 Å². The van der Waals surface area contributed by atoms with Crippen molar-refractivity contribution in [3.8, 4) is 5.75 Å². The van der Waals surface area contributed by atoms with Crippen LogP contribution in [0, 0.1) is 0 Å². The van der Waals surface area contributed by atoms with Crippen LogP contribution in [0.1, 0.15) is 17.9 Å².